The quantitative estimate of drug-likeness (QED) is 0.590. The van der Waals surface area contributed by atoms with Gasteiger partial charge in [0.2, 0.25) is 0 Å². The number of carbonyl (C=O) groups is 2. The van der Waals surface area contributed by atoms with Gasteiger partial charge in [0, 0.05) is 25.2 Å². The van der Waals surface area contributed by atoms with E-state index in [2.05, 4.69) is 15.7 Å². The van der Waals surface area contributed by atoms with Gasteiger partial charge in [0.15, 0.2) is 0 Å². The molecule has 0 spiro atoms. The van der Waals surface area contributed by atoms with Crippen molar-refractivity contribution >= 4 is 34.8 Å². The summed E-state index contributed by atoms with van der Waals surface area (Å²) in [5, 5.41) is 20.2. The predicted octanol–water partition coefficient (Wildman–Crippen LogP) is 2.62. The highest BCUT2D eigenvalue weighted by Crippen LogP contribution is 2.25. The molecular formula is C16H18ClN5O4. The van der Waals surface area contributed by atoms with Crippen molar-refractivity contribution in [2.45, 2.75) is 13.8 Å². The van der Waals surface area contributed by atoms with E-state index in [-0.39, 0.29) is 39.5 Å². The van der Waals surface area contributed by atoms with Crippen molar-refractivity contribution in [2.75, 3.05) is 11.9 Å². The van der Waals surface area contributed by atoms with Crippen LogP contribution >= 0.6 is 11.6 Å². The zero-order valence-electron chi connectivity index (χ0n) is 14.4. The van der Waals surface area contributed by atoms with Crippen LogP contribution in [0.15, 0.2) is 24.4 Å². The van der Waals surface area contributed by atoms with Crippen LogP contribution in [0, 0.1) is 16.0 Å². The van der Waals surface area contributed by atoms with Crippen LogP contribution in [0.1, 0.15) is 34.7 Å². The Morgan fingerprint density at radius 1 is 1.35 bits per heavy atom. The van der Waals surface area contributed by atoms with E-state index in [0.717, 1.165) is 6.07 Å². The third-order valence-corrected chi connectivity index (χ3v) is 3.80. The van der Waals surface area contributed by atoms with Crippen LogP contribution < -0.4 is 10.6 Å². The Balaban J connectivity index is 2.24. The summed E-state index contributed by atoms with van der Waals surface area (Å²) in [4.78, 5) is 35.0. The summed E-state index contributed by atoms with van der Waals surface area (Å²) in [6.45, 7) is 4.39. The van der Waals surface area contributed by atoms with Gasteiger partial charge in [-0.2, -0.15) is 5.10 Å². The summed E-state index contributed by atoms with van der Waals surface area (Å²) in [5.41, 5.74) is 0.0534. The van der Waals surface area contributed by atoms with Crippen LogP contribution in [-0.2, 0) is 7.05 Å². The lowest BCUT2D eigenvalue weighted by molar-refractivity contribution is -0.384. The first-order valence-corrected chi connectivity index (χ1v) is 8.14. The molecule has 0 aliphatic heterocycles. The number of benzene rings is 1. The number of aryl methyl sites for hydroxylation is 1. The maximum absolute atomic E-state index is 12.4. The van der Waals surface area contributed by atoms with Crippen LogP contribution in [0.25, 0.3) is 0 Å². The number of nitro groups is 1. The minimum atomic E-state index is -0.673. The van der Waals surface area contributed by atoms with Gasteiger partial charge in [0.05, 0.1) is 16.8 Å². The molecule has 0 unspecified atom stereocenters. The molecule has 138 valence electrons. The largest absolute Gasteiger partial charge is 0.350 e. The molecule has 0 fully saturated rings. The van der Waals surface area contributed by atoms with Crippen molar-refractivity contribution < 1.29 is 14.5 Å². The molecule has 10 heteroatoms. The smallest absolute Gasteiger partial charge is 0.288 e. The summed E-state index contributed by atoms with van der Waals surface area (Å²) >= 11 is 5.75. The van der Waals surface area contributed by atoms with Gasteiger partial charge in [0.25, 0.3) is 17.5 Å². The molecule has 1 aromatic carbocycles. The number of nitro benzene ring substituents is 1. The molecule has 0 atom stereocenters. The average Bonchev–Trinajstić information content (AvgIpc) is 2.93. The fraction of sp³-hybridized carbons (Fsp3) is 0.312. The van der Waals surface area contributed by atoms with Crippen LogP contribution in [0.5, 0.6) is 0 Å². The van der Waals surface area contributed by atoms with Gasteiger partial charge in [0.1, 0.15) is 10.7 Å². The molecule has 0 saturated heterocycles. The van der Waals surface area contributed by atoms with E-state index in [4.69, 9.17) is 11.6 Å². The van der Waals surface area contributed by atoms with Crippen molar-refractivity contribution in [1.82, 2.24) is 15.1 Å². The minimum Gasteiger partial charge on any atom is -0.350 e. The second kappa shape index (κ2) is 7.96. The molecule has 2 aromatic rings. The molecule has 0 aliphatic carbocycles. The topological polar surface area (TPSA) is 119 Å². The molecule has 2 amide bonds. The average molecular weight is 380 g/mol. The number of carbonyl (C=O) groups excluding carboxylic acids is 2. The van der Waals surface area contributed by atoms with E-state index in [0.29, 0.717) is 6.54 Å². The Morgan fingerprint density at radius 2 is 2.04 bits per heavy atom. The lowest BCUT2D eigenvalue weighted by Crippen LogP contribution is -2.30. The lowest BCUT2D eigenvalue weighted by atomic mass is 10.2. The van der Waals surface area contributed by atoms with E-state index in [1.807, 2.05) is 13.8 Å². The van der Waals surface area contributed by atoms with E-state index >= 15 is 0 Å². The molecule has 2 rings (SSSR count). The number of halogens is 1. The Kier molecular flexibility index (Phi) is 5.93. The number of hydrogen-bond donors (Lipinski definition) is 2. The molecule has 0 bridgehead atoms. The normalized spacial score (nSPS) is 10.7. The third kappa shape index (κ3) is 4.37. The zero-order valence-corrected chi connectivity index (χ0v) is 15.2. The highest BCUT2D eigenvalue weighted by molar-refractivity contribution is 6.32. The van der Waals surface area contributed by atoms with Crippen LogP contribution in [0.4, 0.5) is 11.4 Å². The first kappa shape index (κ1) is 19.4. The number of amides is 2. The number of hydrogen-bond acceptors (Lipinski definition) is 5. The van der Waals surface area contributed by atoms with Gasteiger partial charge in [-0.3, -0.25) is 24.4 Å². The summed E-state index contributed by atoms with van der Waals surface area (Å²) in [6, 6.07) is 3.71. The standard InChI is InChI=1S/C16H18ClN5O4/c1-9(2)7-18-16(24)14-12(8-19-21(14)3)20-15(23)10-4-5-11(17)13(6-10)22(25)26/h4-6,8-9H,7H2,1-3H3,(H,18,24)(H,20,23). The molecule has 26 heavy (non-hydrogen) atoms. The highest BCUT2D eigenvalue weighted by atomic mass is 35.5. The minimum absolute atomic E-state index is 0.0403. The van der Waals surface area contributed by atoms with Gasteiger partial charge in [-0.25, -0.2) is 0 Å². The molecule has 1 heterocycles. The van der Waals surface area contributed by atoms with Gasteiger partial charge < -0.3 is 10.6 Å². The Bertz CT molecular complexity index is 862. The van der Waals surface area contributed by atoms with Crippen molar-refractivity contribution in [3.8, 4) is 0 Å². The van der Waals surface area contributed by atoms with E-state index < -0.39 is 10.8 Å². The van der Waals surface area contributed by atoms with Crippen LogP contribution in [-0.4, -0.2) is 33.1 Å². The molecule has 0 aliphatic rings. The number of aromatic nitrogens is 2. The van der Waals surface area contributed by atoms with Gasteiger partial charge in [-0.05, 0) is 18.1 Å². The number of rotatable bonds is 6. The summed E-state index contributed by atoms with van der Waals surface area (Å²) < 4.78 is 1.34. The number of nitrogens with one attached hydrogen (secondary N) is 2. The van der Waals surface area contributed by atoms with Crippen LogP contribution in [0.3, 0.4) is 0 Å². The first-order valence-electron chi connectivity index (χ1n) is 7.76. The van der Waals surface area contributed by atoms with Crippen molar-refractivity contribution in [3.05, 3.63) is 50.8 Å². The highest BCUT2D eigenvalue weighted by Gasteiger charge is 2.21. The van der Waals surface area contributed by atoms with Crippen molar-refractivity contribution in [3.63, 3.8) is 0 Å². The fourth-order valence-electron chi connectivity index (χ4n) is 2.17. The zero-order chi connectivity index (χ0) is 19.4. The first-order chi connectivity index (χ1) is 12.2. The Morgan fingerprint density at radius 3 is 2.65 bits per heavy atom. The molecule has 1 aromatic heterocycles. The fourth-order valence-corrected chi connectivity index (χ4v) is 2.35. The van der Waals surface area contributed by atoms with Crippen molar-refractivity contribution in [2.24, 2.45) is 13.0 Å². The summed E-state index contributed by atoms with van der Waals surface area (Å²) in [7, 11) is 1.58. The van der Waals surface area contributed by atoms with E-state index in [9.17, 15) is 19.7 Å². The molecular weight excluding hydrogens is 362 g/mol. The predicted molar refractivity (Wildman–Crippen MR) is 96.4 cm³/mol. The maximum Gasteiger partial charge on any atom is 0.288 e. The summed E-state index contributed by atoms with van der Waals surface area (Å²) in [6.07, 6.45) is 1.34. The van der Waals surface area contributed by atoms with E-state index in [1.165, 1.54) is 23.0 Å². The monoisotopic (exact) mass is 379 g/mol. The van der Waals surface area contributed by atoms with E-state index in [1.54, 1.807) is 7.05 Å². The van der Waals surface area contributed by atoms with Gasteiger partial charge >= 0.3 is 0 Å². The van der Waals surface area contributed by atoms with Gasteiger partial charge in [-0.15, -0.1) is 0 Å². The second-order valence-electron chi connectivity index (χ2n) is 6.01. The number of nitrogens with zero attached hydrogens (tertiary/aromatic N) is 3. The molecule has 2 N–H and O–H groups in total. The molecule has 9 nitrogen and oxygen atoms in total. The third-order valence-electron chi connectivity index (χ3n) is 3.48. The SMILES string of the molecule is CC(C)CNC(=O)c1c(NC(=O)c2ccc(Cl)c([N+](=O)[O-])c2)cnn1C. The second-order valence-corrected chi connectivity index (χ2v) is 6.42. The number of anilines is 1. The Hall–Kier alpha value is -2.94. The molecule has 0 saturated carbocycles. The summed E-state index contributed by atoms with van der Waals surface area (Å²) in [5.74, 6) is -0.730. The van der Waals surface area contributed by atoms with Gasteiger partial charge in [-0.1, -0.05) is 25.4 Å². The lowest BCUT2D eigenvalue weighted by Gasteiger charge is -2.10. The molecule has 0 radical (unpaired) electrons. The maximum atomic E-state index is 12.4. The Labute approximate surface area is 154 Å². The van der Waals surface area contributed by atoms with Crippen molar-refractivity contribution in [1.29, 1.82) is 0 Å². The van der Waals surface area contributed by atoms with Crippen LogP contribution in [0.2, 0.25) is 5.02 Å².